The van der Waals surface area contributed by atoms with Gasteiger partial charge in [-0.3, -0.25) is 9.59 Å². The molecule has 3 aromatic carbocycles. The Kier molecular flexibility index (Phi) is 7.42. The fraction of sp³-hybridized carbons (Fsp3) is 0.185. The van der Waals surface area contributed by atoms with Crippen molar-refractivity contribution in [2.45, 2.75) is 37.3 Å². The lowest BCUT2D eigenvalue weighted by Crippen LogP contribution is -2.23. The van der Waals surface area contributed by atoms with Gasteiger partial charge in [-0.25, -0.2) is 9.78 Å². The van der Waals surface area contributed by atoms with Gasteiger partial charge in [0.05, 0.1) is 26.6 Å². The van der Waals surface area contributed by atoms with Gasteiger partial charge in [-0.15, -0.1) is 11.3 Å². The van der Waals surface area contributed by atoms with Gasteiger partial charge in [0.25, 0.3) is 5.91 Å². The Hall–Kier alpha value is -3.69. The summed E-state index contributed by atoms with van der Waals surface area (Å²) in [6.45, 7) is 7.84. The number of carbonyl (C=O) groups excluding carboxylic acids is 2. The number of anilines is 2. The zero-order valence-corrected chi connectivity index (χ0v) is 21.8. The minimum absolute atomic E-state index is 0.0594. The first kappa shape index (κ1) is 25.4. The first-order chi connectivity index (χ1) is 17.1. The molecule has 1 atom stereocenters. The first-order valence-corrected chi connectivity index (χ1v) is 12.9. The van der Waals surface area contributed by atoms with Gasteiger partial charge < -0.3 is 15.7 Å². The van der Waals surface area contributed by atoms with Crippen LogP contribution in [0.15, 0.2) is 58.9 Å². The number of benzene rings is 3. The van der Waals surface area contributed by atoms with E-state index in [1.807, 2.05) is 39.8 Å². The van der Waals surface area contributed by atoms with Gasteiger partial charge >= 0.3 is 5.97 Å². The number of thiazole rings is 1. The lowest BCUT2D eigenvalue weighted by molar-refractivity contribution is -0.115. The molecule has 9 heteroatoms. The topological polar surface area (TPSA) is 108 Å². The normalized spacial score (nSPS) is 11.8. The second-order valence-electron chi connectivity index (χ2n) is 8.49. The Bertz CT molecular complexity index is 1470. The molecule has 7 nitrogen and oxygen atoms in total. The van der Waals surface area contributed by atoms with E-state index in [4.69, 9.17) is 0 Å². The number of amides is 2. The van der Waals surface area contributed by atoms with Crippen LogP contribution in [0.4, 0.5) is 11.4 Å². The Balaban J connectivity index is 1.46. The van der Waals surface area contributed by atoms with E-state index >= 15 is 0 Å². The highest BCUT2D eigenvalue weighted by Crippen LogP contribution is 2.34. The third kappa shape index (κ3) is 5.58. The molecule has 0 unspecified atom stereocenters. The molecule has 0 radical (unpaired) electrons. The first-order valence-electron chi connectivity index (χ1n) is 11.2. The van der Waals surface area contributed by atoms with Crippen LogP contribution in [0.1, 0.15) is 44.3 Å². The van der Waals surface area contributed by atoms with E-state index in [1.165, 1.54) is 35.2 Å². The standard InChI is InChI=1S/C27H25N3O4S2/c1-14-11-15(2)23(16(3)12-14)30-24(31)17(4)35-27-29-21-10-9-18(13-22(21)36-27)28-25(32)19-7-5-6-8-20(19)26(33)34/h5-13,17H,1-4H3,(H,28,32)(H,30,31)(H,33,34)/t17-/m1/s1. The summed E-state index contributed by atoms with van der Waals surface area (Å²) < 4.78 is 1.59. The quantitative estimate of drug-likeness (QED) is 0.248. The van der Waals surface area contributed by atoms with E-state index < -0.39 is 11.9 Å². The van der Waals surface area contributed by atoms with Crippen LogP contribution in [0, 0.1) is 20.8 Å². The van der Waals surface area contributed by atoms with Crippen molar-refractivity contribution in [3.05, 3.63) is 82.4 Å². The van der Waals surface area contributed by atoms with Crippen LogP contribution in [0.25, 0.3) is 10.2 Å². The summed E-state index contributed by atoms with van der Waals surface area (Å²) >= 11 is 2.81. The molecule has 1 heterocycles. The molecule has 0 bridgehead atoms. The van der Waals surface area contributed by atoms with Crippen molar-refractivity contribution in [3.8, 4) is 0 Å². The smallest absolute Gasteiger partial charge is 0.336 e. The maximum absolute atomic E-state index is 12.9. The van der Waals surface area contributed by atoms with Crippen molar-refractivity contribution < 1.29 is 19.5 Å². The van der Waals surface area contributed by atoms with Gasteiger partial charge in [0.2, 0.25) is 5.91 Å². The zero-order valence-electron chi connectivity index (χ0n) is 20.2. The number of aromatic nitrogens is 1. The minimum atomic E-state index is -1.16. The molecule has 184 valence electrons. The molecule has 0 aliphatic rings. The van der Waals surface area contributed by atoms with Crippen LogP contribution in [0.3, 0.4) is 0 Å². The van der Waals surface area contributed by atoms with Crippen molar-refractivity contribution in [1.82, 2.24) is 4.98 Å². The summed E-state index contributed by atoms with van der Waals surface area (Å²) in [4.78, 5) is 41.6. The van der Waals surface area contributed by atoms with Gasteiger partial charge in [-0.05, 0) is 69.2 Å². The number of hydrogen-bond acceptors (Lipinski definition) is 6. The van der Waals surface area contributed by atoms with Crippen LogP contribution >= 0.6 is 23.1 Å². The second-order valence-corrected chi connectivity index (χ2v) is 11.1. The number of hydrogen-bond donors (Lipinski definition) is 3. The molecule has 4 aromatic rings. The minimum Gasteiger partial charge on any atom is -0.478 e. The zero-order chi connectivity index (χ0) is 26.0. The molecule has 0 aliphatic carbocycles. The van der Waals surface area contributed by atoms with Crippen LogP contribution < -0.4 is 10.6 Å². The van der Waals surface area contributed by atoms with E-state index in [1.54, 1.807) is 30.3 Å². The SMILES string of the molecule is Cc1cc(C)c(NC(=O)[C@@H](C)Sc2nc3ccc(NC(=O)c4ccccc4C(=O)O)cc3s2)c(C)c1. The van der Waals surface area contributed by atoms with E-state index in [-0.39, 0.29) is 22.3 Å². The number of carboxylic acids is 1. The van der Waals surface area contributed by atoms with Gasteiger partial charge in [0.15, 0.2) is 4.34 Å². The molecular weight excluding hydrogens is 494 g/mol. The molecule has 0 fully saturated rings. The third-order valence-electron chi connectivity index (χ3n) is 5.60. The monoisotopic (exact) mass is 519 g/mol. The van der Waals surface area contributed by atoms with Crippen LogP contribution in [-0.4, -0.2) is 33.1 Å². The molecule has 1 aromatic heterocycles. The molecular formula is C27H25N3O4S2. The van der Waals surface area contributed by atoms with E-state index in [9.17, 15) is 19.5 Å². The number of fused-ring (bicyclic) bond motifs is 1. The number of aryl methyl sites for hydroxylation is 3. The highest BCUT2D eigenvalue weighted by Gasteiger charge is 2.20. The number of thioether (sulfide) groups is 1. The molecule has 0 saturated heterocycles. The van der Waals surface area contributed by atoms with Crippen molar-refractivity contribution in [2.75, 3.05) is 10.6 Å². The molecule has 0 aliphatic heterocycles. The Morgan fingerprint density at radius 3 is 2.28 bits per heavy atom. The van der Waals surface area contributed by atoms with E-state index in [0.717, 1.165) is 36.9 Å². The molecule has 2 amide bonds. The predicted octanol–water partition coefficient (Wildman–Crippen LogP) is 6.29. The Labute approximate surface area is 217 Å². The average molecular weight is 520 g/mol. The largest absolute Gasteiger partial charge is 0.478 e. The second kappa shape index (κ2) is 10.5. The van der Waals surface area contributed by atoms with Crippen LogP contribution in [0.2, 0.25) is 0 Å². The third-order valence-corrected chi connectivity index (χ3v) is 7.81. The van der Waals surface area contributed by atoms with Gasteiger partial charge in [0, 0.05) is 11.4 Å². The van der Waals surface area contributed by atoms with Crippen molar-refractivity contribution in [2.24, 2.45) is 0 Å². The van der Waals surface area contributed by atoms with Crippen molar-refractivity contribution >= 4 is 62.5 Å². The summed E-state index contributed by atoms with van der Waals surface area (Å²) in [5.74, 6) is -1.76. The summed E-state index contributed by atoms with van der Waals surface area (Å²) in [5, 5.41) is 14.8. The van der Waals surface area contributed by atoms with Crippen LogP contribution in [0.5, 0.6) is 0 Å². The molecule has 0 saturated carbocycles. The highest BCUT2D eigenvalue weighted by molar-refractivity contribution is 8.02. The summed E-state index contributed by atoms with van der Waals surface area (Å²) in [6.07, 6.45) is 0. The summed E-state index contributed by atoms with van der Waals surface area (Å²) in [7, 11) is 0. The lowest BCUT2D eigenvalue weighted by Gasteiger charge is -2.15. The molecule has 3 N–H and O–H groups in total. The molecule has 36 heavy (non-hydrogen) atoms. The predicted molar refractivity (Wildman–Crippen MR) is 146 cm³/mol. The number of nitrogens with zero attached hydrogens (tertiary/aromatic N) is 1. The van der Waals surface area contributed by atoms with Crippen LogP contribution in [-0.2, 0) is 4.79 Å². The summed E-state index contributed by atoms with van der Waals surface area (Å²) in [6, 6.07) is 15.5. The fourth-order valence-electron chi connectivity index (χ4n) is 3.90. The van der Waals surface area contributed by atoms with E-state index in [0.29, 0.717) is 5.69 Å². The maximum atomic E-state index is 12.9. The Morgan fingerprint density at radius 1 is 0.944 bits per heavy atom. The van der Waals surface area contributed by atoms with Crippen molar-refractivity contribution in [3.63, 3.8) is 0 Å². The van der Waals surface area contributed by atoms with E-state index in [2.05, 4.69) is 15.6 Å². The lowest BCUT2D eigenvalue weighted by atomic mass is 10.1. The molecule has 0 spiro atoms. The average Bonchev–Trinajstić information content (AvgIpc) is 3.22. The number of rotatable bonds is 7. The molecule has 4 rings (SSSR count). The van der Waals surface area contributed by atoms with Gasteiger partial charge in [-0.2, -0.15) is 0 Å². The number of carbonyl (C=O) groups is 3. The number of aromatic carboxylic acids is 1. The van der Waals surface area contributed by atoms with Gasteiger partial charge in [0.1, 0.15) is 0 Å². The Morgan fingerprint density at radius 2 is 1.61 bits per heavy atom. The maximum Gasteiger partial charge on any atom is 0.336 e. The highest BCUT2D eigenvalue weighted by atomic mass is 32.2. The van der Waals surface area contributed by atoms with Crippen molar-refractivity contribution in [1.29, 1.82) is 0 Å². The van der Waals surface area contributed by atoms with Gasteiger partial charge in [-0.1, -0.05) is 41.6 Å². The summed E-state index contributed by atoms with van der Waals surface area (Å²) in [5.41, 5.74) is 5.36. The number of nitrogens with one attached hydrogen (secondary N) is 2. The number of carboxylic acid groups (broad SMARTS) is 1. The fourth-order valence-corrected chi connectivity index (χ4v) is 6.15.